The van der Waals surface area contributed by atoms with Gasteiger partial charge < -0.3 is 5.32 Å². The molecule has 0 bridgehead atoms. The molecule has 0 aliphatic carbocycles. The third kappa shape index (κ3) is 3.84. The normalized spacial score (nSPS) is 20.5. The number of aromatic nitrogens is 1. The third-order valence-electron chi connectivity index (χ3n) is 5.34. The lowest BCUT2D eigenvalue weighted by atomic mass is 9.89. The van der Waals surface area contributed by atoms with E-state index in [1.165, 1.54) is 28.4 Å². The molecule has 0 radical (unpaired) electrons. The Kier molecular flexibility index (Phi) is 4.84. The van der Waals surface area contributed by atoms with Crippen LogP contribution in [0.5, 0.6) is 0 Å². The van der Waals surface area contributed by atoms with Crippen LogP contribution in [0.15, 0.2) is 60.9 Å². The van der Waals surface area contributed by atoms with Crippen molar-refractivity contribution in [3.63, 3.8) is 0 Å². The topological polar surface area (TPSA) is 28.2 Å². The Balaban J connectivity index is 1.39. The highest BCUT2D eigenvalue weighted by atomic mass is 35.5. The quantitative estimate of drug-likeness (QED) is 0.672. The molecule has 1 fully saturated rings. The van der Waals surface area contributed by atoms with Crippen LogP contribution in [-0.4, -0.2) is 29.5 Å². The van der Waals surface area contributed by atoms with Gasteiger partial charge in [-0.1, -0.05) is 42.8 Å². The first kappa shape index (κ1) is 17.3. The van der Waals surface area contributed by atoms with Crippen LogP contribution in [0, 0.1) is 5.41 Å². The summed E-state index contributed by atoms with van der Waals surface area (Å²) < 4.78 is 0. The number of nitrogens with one attached hydrogen (secondary N) is 1. The first-order valence-electron chi connectivity index (χ1n) is 9.15. The smallest absolute Gasteiger partial charge is 0.0421 e. The van der Waals surface area contributed by atoms with Gasteiger partial charge in [-0.05, 0) is 48.2 Å². The van der Waals surface area contributed by atoms with Crippen LogP contribution in [-0.2, 0) is 6.54 Å². The van der Waals surface area contributed by atoms with E-state index in [0.717, 1.165) is 31.2 Å². The number of hydrogen-bond acceptors (Lipinski definition) is 3. The molecule has 4 rings (SSSR count). The number of fused-ring (bicyclic) bond motifs is 1. The highest BCUT2D eigenvalue weighted by molar-refractivity contribution is 6.30. The number of likely N-dealkylation sites (tertiary alicyclic amines) is 1. The highest BCUT2D eigenvalue weighted by Crippen LogP contribution is 2.32. The van der Waals surface area contributed by atoms with Gasteiger partial charge in [0.15, 0.2) is 0 Å². The molecular formula is C22H24ClN3. The number of hydrogen-bond donors (Lipinski definition) is 1. The second-order valence-electron chi connectivity index (χ2n) is 7.65. The minimum Gasteiger partial charge on any atom is -0.384 e. The van der Waals surface area contributed by atoms with Gasteiger partial charge in [-0.2, -0.15) is 0 Å². The summed E-state index contributed by atoms with van der Waals surface area (Å²) in [4.78, 5) is 6.76. The molecule has 1 atom stereocenters. The predicted octanol–water partition coefficient (Wildman–Crippen LogP) is 5.21. The van der Waals surface area contributed by atoms with Gasteiger partial charge in [0.05, 0.1) is 0 Å². The van der Waals surface area contributed by atoms with Crippen molar-refractivity contribution >= 4 is 28.1 Å². The molecule has 3 aromatic rings. The largest absolute Gasteiger partial charge is 0.384 e. The van der Waals surface area contributed by atoms with Crippen molar-refractivity contribution in [1.29, 1.82) is 0 Å². The van der Waals surface area contributed by atoms with E-state index in [0.29, 0.717) is 0 Å². The maximum absolute atomic E-state index is 5.99. The number of benzene rings is 2. The van der Waals surface area contributed by atoms with E-state index in [2.05, 4.69) is 58.5 Å². The first-order valence-corrected chi connectivity index (χ1v) is 9.53. The average molecular weight is 366 g/mol. The number of rotatable bonds is 5. The molecule has 2 heterocycles. The fourth-order valence-corrected chi connectivity index (χ4v) is 3.96. The van der Waals surface area contributed by atoms with E-state index in [9.17, 15) is 0 Å². The number of halogens is 1. The van der Waals surface area contributed by atoms with Gasteiger partial charge in [0.2, 0.25) is 0 Å². The van der Waals surface area contributed by atoms with Crippen molar-refractivity contribution in [1.82, 2.24) is 9.88 Å². The fraction of sp³-hybridized carbons (Fsp3) is 0.318. The molecule has 0 spiro atoms. The van der Waals surface area contributed by atoms with Crippen LogP contribution in [0.3, 0.4) is 0 Å². The van der Waals surface area contributed by atoms with Gasteiger partial charge in [-0.25, -0.2) is 0 Å². The monoisotopic (exact) mass is 365 g/mol. The Morgan fingerprint density at radius 3 is 2.85 bits per heavy atom. The minimum absolute atomic E-state index is 0.279. The Labute approximate surface area is 160 Å². The van der Waals surface area contributed by atoms with Crippen LogP contribution in [0.1, 0.15) is 18.9 Å². The molecule has 1 N–H and O–H groups in total. The zero-order valence-electron chi connectivity index (χ0n) is 15.1. The van der Waals surface area contributed by atoms with Crippen molar-refractivity contribution in [2.75, 3.05) is 25.0 Å². The zero-order valence-corrected chi connectivity index (χ0v) is 15.8. The van der Waals surface area contributed by atoms with Gasteiger partial charge in [0.25, 0.3) is 0 Å². The molecule has 1 aliphatic heterocycles. The van der Waals surface area contributed by atoms with Crippen molar-refractivity contribution in [3.05, 3.63) is 71.5 Å². The standard InChI is InChI=1S/C22H24ClN3/c1-22(10-12-26(16-22)14-17-5-7-19(23)8-6-17)15-25-21-4-2-3-18-13-24-11-9-20(18)21/h2-9,11,13,25H,10,12,14-16H2,1H3/t22-/m0/s1. The molecule has 2 aromatic carbocycles. The van der Waals surface area contributed by atoms with E-state index in [4.69, 9.17) is 11.6 Å². The molecule has 4 heteroatoms. The van der Waals surface area contributed by atoms with E-state index in [1.807, 2.05) is 24.5 Å². The summed E-state index contributed by atoms with van der Waals surface area (Å²) in [6.07, 6.45) is 4.99. The van der Waals surface area contributed by atoms with Crippen molar-refractivity contribution in [2.45, 2.75) is 19.9 Å². The van der Waals surface area contributed by atoms with Crippen LogP contribution in [0.4, 0.5) is 5.69 Å². The Bertz CT molecular complexity index is 888. The van der Waals surface area contributed by atoms with Crippen LogP contribution in [0.25, 0.3) is 10.8 Å². The molecule has 1 aliphatic rings. The molecular weight excluding hydrogens is 342 g/mol. The summed E-state index contributed by atoms with van der Waals surface area (Å²) in [5.74, 6) is 0. The highest BCUT2D eigenvalue weighted by Gasteiger charge is 2.33. The van der Waals surface area contributed by atoms with Crippen molar-refractivity contribution < 1.29 is 0 Å². The van der Waals surface area contributed by atoms with Gasteiger partial charge in [0.1, 0.15) is 0 Å². The van der Waals surface area contributed by atoms with E-state index < -0.39 is 0 Å². The molecule has 1 saturated heterocycles. The lowest BCUT2D eigenvalue weighted by molar-refractivity contribution is 0.278. The molecule has 1 aromatic heterocycles. The molecule has 134 valence electrons. The van der Waals surface area contributed by atoms with Crippen LogP contribution in [0.2, 0.25) is 5.02 Å². The summed E-state index contributed by atoms with van der Waals surface area (Å²) in [5, 5.41) is 6.91. The van der Waals surface area contributed by atoms with Gasteiger partial charge in [-0.3, -0.25) is 9.88 Å². The zero-order chi connectivity index (χ0) is 18.0. The van der Waals surface area contributed by atoms with Crippen molar-refractivity contribution in [3.8, 4) is 0 Å². The van der Waals surface area contributed by atoms with Crippen molar-refractivity contribution in [2.24, 2.45) is 5.41 Å². The van der Waals surface area contributed by atoms with E-state index in [1.54, 1.807) is 0 Å². The molecule has 0 amide bonds. The summed E-state index contributed by atoms with van der Waals surface area (Å²) in [6, 6.07) is 16.6. The summed E-state index contributed by atoms with van der Waals surface area (Å²) >= 11 is 5.99. The Hall–Kier alpha value is -2.10. The summed E-state index contributed by atoms with van der Waals surface area (Å²) in [5.41, 5.74) is 2.80. The number of anilines is 1. The minimum atomic E-state index is 0.279. The summed E-state index contributed by atoms with van der Waals surface area (Å²) in [7, 11) is 0. The molecule has 26 heavy (non-hydrogen) atoms. The lowest BCUT2D eigenvalue weighted by Crippen LogP contribution is -2.30. The Morgan fingerprint density at radius 2 is 2.00 bits per heavy atom. The van der Waals surface area contributed by atoms with Crippen LogP contribution < -0.4 is 5.32 Å². The van der Waals surface area contributed by atoms with Gasteiger partial charge in [0, 0.05) is 53.5 Å². The number of pyridine rings is 1. The SMILES string of the molecule is C[C@@]1(CNc2cccc3cnccc23)CCN(Cc2ccc(Cl)cc2)C1. The number of nitrogens with zero attached hydrogens (tertiary/aromatic N) is 2. The average Bonchev–Trinajstić information content (AvgIpc) is 3.03. The van der Waals surface area contributed by atoms with Gasteiger partial charge in [-0.15, -0.1) is 0 Å². The maximum atomic E-state index is 5.99. The van der Waals surface area contributed by atoms with E-state index >= 15 is 0 Å². The first-order chi connectivity index (χ1) is 12.6. The predicted molar refractivity (Wildman–Crippen MR) is 110 cm³/mol. The van der Waals surface area contributed by atoms with Crippen LogP contribution >= 0.6 is 11.6 Å². The summed E-state index contributed by atoms with van der Waals surface area (Å²) in [6.45, 7) is 6.60. The lowest BCUT2D eigenvalue weighted by Gasteiger charge is -2.26. The second-order valence-corrected chi connectivity index (χ2v) is 8.09. The molecule has 3 nitrogen and oxygen atoms in total. The molecule has 0 saturated carbocycles. The fourth-order valence-electron chi connectivity index (χ4n) is 3.84. The Morgan fingerprint density at radius 1 is 1.15 bits per heavy atom. The van der Waals surface area contributed by atoms with E-state index in [-0.39, 0.29) is 5.41 Å². The second kappa shape index (κ2) is 7.26. The maximum Gasteiger partial charge on any atom is 0.0421 e. The van der Waals surface area contributed by atoms with Gasteiger partial charge >= 0.3 is 0 Å². The third-order valence-corrected chi connectivity index (χ3v) is 5.59. The molecule has 0 unspecified atom stereocenters.